The summed E-state index contributed by atoms with van der Waals surface area (Å²) in [5.41, 5.74) is 8.01. The highest BCUT2D eigenvalue weighted by Gasteiger charge is 2.09. The van der Waals surface area contributed by atoms with Crippen LogP contribution in [0.15, 0.2) is 34.4 Å². The van der Waals surface area contributed by atoms with Crippen LogP contribution in [0.25, 0.3) is 11.3 Å². The number of benzene rings is 1. The second-order valence-corrected chi connectivity index (χ2v) is 4.98. The smallest absolute Gasteiger partial charge is 0.307 e. The second kappa shape index (κ2) is 5.71. The fourth-order valence-corrected chi connectivity index (χ4v) is 2.60. The molecule has 2 aromatic rings. The lowest BCUT2D eigenvalue weighted by Gasteiger charge is -2.07. The maximum absolute atomic E-state index is 11.8. The predicted molar refractivity (Wildman–Crippen MR) is 75.3 cm³/mol. The molecule has 0 atom stereocenters. The Morgan fingerprint density at radius 2 is 2.00 bits per heavy atom. The number of nitrogen functional groups attached to an aromatic ring is 1. The van der Waals surface area contributed by atoms with Gasteiger partial charge in [-0.15, -0.1) is 0 Å². The molecule has 3 N–H and O–H groups in total. The standard InChI is InChI=1S/C13H14N2O3S/c14-10-5-3-9(4-6-10)11-8-19-13(18)15(11)7-1-2-12(16)17/h3-6,8H,1-2,7,14H2,(H,16,17). The Hall–Kier alpha value is -2.08. The van der Waals surface area contributed by atoms with Crippen LogP contribution in [0, 0.1) is 0 Å². The first-order valence-corrected chi connectivity index (χ1v) is 6.72. The van der Waals surface area contributed by atoms with Gasteiger partial charge < -0.3 is 10.8 Å². The summed E-state index contributed by atoms with van der Waals surface area (Å²) >= 11 is 1.12. The fraction of sp³-hybridized carbons (Fsp3) is 0.231. The highest BCUT2D eigenvalue weighted by atomic mass is 32.1. The lowest BCUT2D eigenvalue weighted by atomic mass is 10.1. The summed E-state index contributed by atoms with van der Waals surface area (Å²) in [5, 5.41) is 10.4. The zero-order chi connectivity index (χ0) is 13.8. The van der Waals surface area contributed by atoms with E-state index >= 15 is 0 Å². The maximum Gasteiger partial charge on any atom is 0.307 e. The van der Waals surface area contributed by atoms with Gasteiger partial charge in [0, 0.05) is 24.0 Å². The first-order chi connectivity index (χ1) is 9.08. The molecule has 0 saturated carbocycles. The number of nitrogens with two attached hydrogens (primary N) is 1. The number of carboxylic acid groups (broad SMARTS) is 1. The quantitative estimate of drug-likeness (QED) is 0.819. The van der Waals surface area contributed by atoms with Crippen LogP contribution in [-0.2, 0) is 11.3 Å². The second-order valence-electron chi connectivity index (χ2n) is 4.16. The molecule has 1 heterocycles. The number of aliphatic carboxylic acids is 1. The molecule has 6 heteroatoms. The van der Waals surface area contributed by atoms with Gasteiger partial charge in [0.1, 0.15) is 0 Å². The molecule has 100 valence electrons. The minimum absolute atomic E-state index is 0.0590. The number of anilines is 1. The number of nitrogens with zero attached hydrogens (tertiary/aromatic N) is 1. The number of carboxylic acids is 1. The van der Waals surface area contributed by atoms with Crippen molar-refractivity contribution in [3.8, 4) is 11.3 Å². The Bertz CT molecular complexity index is 628. The van der Waals surface area contributed by atoms with Crippen LogP contribution in [0.4, 0.5) is 5.69 Å². The van der Waals surface area contributed by atoms with Gasteiger partial charge in [-0.25, -0.2) is 0 Å². The van der Waals surface area contributed by atoms with E-state index in [1.807, 2.05) is 12.1 Å². The Labute approximate surface area is 113 Å². The Morgan fingerprint density at radius 3 is 2.63 bits per heavy atom. The molecule has 0 spiro atoms. The first-order valence-electron chi connectivity index (χ1n) is 5.84. The highest BCUT2D eigenvalue weighted by Crippen LogP contribution is 2.21. The van der Waals surface area contributed by atoms with Gasteiger partial charge in [-0.2, -0.15) is 0 Å². The van der Waals surface area contributed by atoms with Crippen molar-refractivity contribution in [2.45, 2.75) is 19.4 Å². The average Bonchev–Trinajstić information content (AvgIpc) is 2.72. The topological polar surface area (TPSA) is 85.3 Å². The Balaban J connectivity index is 2.24. The van der Waals surface area contributed by atoms with Crippen LogP contribution in [0.5, 0.6) is 0 Å². The maximum atomic E-state index is 11.8. The van der Waals surface area contributed by atoms with E-state index in [1.165, 1.54) is 0 Å². The van der Waals surface area contributed by atoms with Crippen molar-refractivity contribution >= 4 is 23.0 Å². The van der Waals surface area contributed by atoms with Crippen LogP contribution in [0.1, 0.15) is 12.8 Å². The van der Waals surface area contributed by atoms with Crippen LogP contribution in [0.3, 0.4) is 0 Å². The Morgan fingerprint density at radius 1 is 1.32 bits per heavy atom. The number of rotatable bonds is 5. The van der Waals surface area contributed by atoms with Crippen molar-refractivity contribution in [3.63, 3.8) is 0 Å². The van der Waals surface area contributed by atoms with Crippen molar-refractivity contribution in [2.24, 2.45) is 0 Å². The highest BCUT2D eigenvalue weighted by molar-refractivity contribution is 7.07. The number of carbonyl (C=O) groups is 1. The molecule has 0 unspecified atom stereocenters. The number of aromatic nitrogens is 1. The van der Waals surface area contributed by atoms with E-state index in [0.29, 0.717) is 18.7 Å². The molecule has 0 aliphatic rings. The van der Waals surface area contributed by atoms with Gasteiger partial charge in [0.25, 0.3) is 0 Å². The SMILES string of the molecule is Nc1ccc(-c2csc(=O)n2CCCC(=O)O)cc1. The zero-order valence-corrected chi connectivity index (χ0v) is 11.0. The molecule has 5 nitrogen and oxygen atoms in total. The van der Waals surface area contributed by atoms with Gasteiger partial charge in [0.15, 0.2) is 0 Å². The molecule has 0 aliphatic heterocycles. The van der Waals surface area contributed by atoms with E-state index in [1.54, 1.807) is 22.1 Å². The summed E-state index contributed by atoms with van der Waals surface area (Å²) in [5.74, 6) is -0.850. The molecule has 0 fully saturated rings. The Kier molecular flexibility index (Phi) is 4.01. The molecule has 19 heavy (non-hydrogen) atoms. The monoisotopic (exact) mass is 278 g/mol. The molecule has 0 bridgehead atoms. The molecule has 2 rings (SSSR count). The minimum Gasteiger partial charge on any atom is -0.481 e. The third kappa shape index (κ3) is 3.23. The lowest BCUT2D eigenvalue weighted by Crippen LogP contribution is -2.15. The van der Waals surface area contributed by atoms with E-state index in [-0.39, 0.29) is 11.3 Å². The fourth-order valence-electron chi connectivity index (χ4n) is 1.81. The summed E-state index contributed by atoms with van der Waals surface area (Å²) in [6, 6.07) is 7.26. The van der Waals surface area contributed by atoms with E-state index in [9.17, 15) is 9.59 Å². The van der Waals surface area contributed by atoms with Gasteiger partial charge in [-0.3, -0.25) is 14.2 Å². The molecule has 0 radical (unpaired) electrons. The molecule has 1 aromatic carbocycles. The molecule has 1 aromatic heterocycles. The van der Waals surface area contributed by atoms with Crippen molar-refractivity contribution in [3.05, 3.63) is 39.3 Å². The predicted octanol–water partition coefficient (Wildman–Crippen LogP) is 2.02. The third-order valence-corrected chi connectivity index (χ3v) is 3.52. The minimum atomic E-state index is -0.850. The van der Waals surface area contributed by atoms with Crippen LogP contribution < -0.4 is 10.6 Å². The van der Waals surface area contributed by atoms with Gasteiger partial charge in [0.05, 0.1) is 5.69 Å². The number of hydrogen-bond acceptors (Lipinski definition) is 4. The summed E-state index contributed by atoms with van der Waals surface area (Å²) < 4.78 is 1.61. The van der Waals surface area contributed by atoms with E-state index in [2.05, 4.69) is 0 Å². The summed E-state index contributed by atoms with van der Waals surface area (Å²) in [6.45, 7) is 0.411. The summed E-state index contributed by atoms with van der Waals surface area (Å²) in [6.07, 6.45) is 0.497. The molecule has 0 amide bonds. The van der Waals surface area contributed by atoms with Crippen molar-refractivity contribution in [2.75, 3.05) is 5.73 Å². The van der Waals surface area contributed by atoms with Gasteiger partial charge in [-0.1, -0.05) is 23.5 Å². The normalized spacial score (nSPS) is 10.5. The number of hydrogen-bond donors (Lipinski definition) is 2. The van der Waals surface area contributed by atoms with Gasteiger partial charge >= 0.3 is 10.8 Å². The summed E-state index contributed by atoms with van der Waals surface area (Å²) in [7, 11) is 0. The summed E-state index contributed by atoms with van der Waals surface area (Å²) in [4.78, 5) is 22.2. The van der Waals surface area contributed by atoms with Gasteiger partial charge in [0.2, 0.25) is 0 Å². The molecular weight excluding hydrogens is 264 g/mol. The molecule has 0 saturated heterocycles. The van der Waals surface area contributed by atoms with Crippen LogP contribution >= 0.6 is 11.3 Å². The van der Waals surface area contributed by atoms with E-state index < -0.39 is 5.97 Å². The molecular formula is C13H14N2O3S. The van der Waals surface area contributed by atoms with Crippen molar-refractivity contribution < 1.29 is 9.90 Å². The van der Waals surface area contributed by atoms with Crippen LogP contribution in [0.2, 0.25) is 0 Å². The zero-order valence-electron chi connectivity index (χ0n) is 10.2. The lowest BCUT2D eigenvalue weighted by molar-refractivity contribution is -0.137. The average molecular weight is 278 g/mol. The van der Waals surface area contributed by atoms with Crippen LogP contribution in [-0.4, -0.2) is 15.6 Å². The first kappa shape index (κ1) is 13.4. The number of thiazole rings is 1. The van der Waals surface area contributed by atoms with E-state index in [4.69, 9.17) is 10.8 Å². The van der Waals surface area contributed by atoms with E-state index in [0.717, 1.165) is 22.6 Å². The third-order valence-electron chi connectivity index (χ3n) is 2.76. The largest absolute Gasteiger partial charge is 0.481 e. The molecule has 0 aliphatic carbocycles. The van der Waals surface area contributed by atoms with Crippen molar-refractivity contribution in [1.29, 1.82) is 0 Å². The van der Waals surface area contributed by atoms with Gasteiger partial charge in [-0.05, 0) is 24.1 Å². The van der Waals surface area contributed by atoms with Crippen molar-refractivity contribution in [1.82, 2.24) is 4.57 Å².